The normalized spacial score (nSPS) is 18.2. The molecule has 2 N–H and O–H groups in total. The number of hydrogen-bond donors (Lipinski definition) is 2. The Morgan fingerprint density at radius 1 is 0.500 bits per heavy atom. The predicted octanol–water partition coefficient (Wildman–Crippen LogP) is 6.32. The van der Waals surface area contributed by atoms with Crippen molar-refractivity contribution in [3.8, 4) is 23.0 Å². The number of carboxylic acid groups (broad SMARTS) is 2. The molecule has 0 unspecified atom stereocenters. The molecule has 0 spiro atoms. The van der Waals surface area contributed by atoms with E-state index in [1.165, 1.54) is 9.80 Å². The van der Waals surface area contributed by atoms with Gasteiger partial charge in [-0.15, -0.1) is 0 Å². The van der Waals surface area contributed by atoms with Crippen molar-refractivity contribution < 1.29 is 38.9 Å². The van der Waals surface area contributed by atoms with Gasteiger partial charge in [0.25, 0.3) is 0 Å². The molecule has 10 nitrogen and oxygen atoms in total. The minimum Gasteiger partial charge on any atom is -0.481 e. The molecule has 2 amide bonds. The molecule has 4 aromatic carbocycles. The summed E-state index contributed by atoms with van der Waals surface area (Å²) in [6.45, 7) is 4.21. The highest BCUT2D eigenvalue weighted by molar-refractivity contribution is 5.99. The SMILES string of the molecule is CCN(Cc1ccc(Oc2ccccc2)cc1)C(=O)C1C(C(=O)O)C(C(=O)N(CC)Cc2ccc(Oc3ccccc3)cc2)C1C(=O)O. The molecule has 48 heavy (non-hydrogen) atoms. The van der Waals surface area contributed by atoms with E-state index < -0.39 is 47.4 Å². The maximum absolute atomic E-state index is 13.8. The molecule has 0 atom stereocenters. The van der Waals surface area contributed by atoms with Crippen LogP contribution in [0.3, 0.4) is 0 Å². The molecular weight excluding hydrogens is 612 g/mol. The van der Waals surface area contributed by atoms with Gasteiger partial charge in [-0.1, -0.05) is 60.7 Å². The monoisotopic (exact) mass is 650 g/mol. The molecule has 0 radical (unpaired) electrons. The molecule has 5 rings (SSSR count). The summed E-state index contributed by atoms with van der Waals surface area (Å²) >= 11 is 0. The Morgan fingerprint density at radius 3 is 1.10 bits per heavy atom. The fourth-order valence-electron chi connectivity index (χ4n) is 6.11. The van der Waals surface area contributed by atoms with E-state index in [0.29, 0.717) is 23.0 Å². The van der Waals surface area contributed by atoms with Crippen LogP contribution in [0.1, 0.15) is 25.0 Å². The maximum atomic E-state index is 13.8. The van der Waals surface area contributed by atoms with Crippen LogP contribution >= 0.6 is 0 Å². The number of ether oxygens (including phenoxy) is 2. The van der Waals surface area contributed by atoms with Gasteiger partial charge in [0.1, 0.15) is 23.0 Å². The van der Waals surface area contributed by atoms with Gasteiger partial charge in [-0.25, -0.2) is 0 Å². The van der Waals surface area contributed by atoms with Crippen molar-refractivity contribution in [1.82, 2.24) is 9.80 Å². The number of hydrogen-bond acceptors (Lipinski definition) is 6. The molecule has 1 fully saturated rings. The van der Waals surface area contributed by atoms with E-state index in [2.05, 4.69) is 0 Å². The zero-order valence-electron chi connectivity index (χ0n) is 26.8. The molecule has 0 aliphatic heterocycles. The van der Waals surface area contributed by atoms with Gasteiger partial charge >= 0.3 is 11.9 Å². The number of carboxylic acids is 2. The first-order valence-corrected chi connectivity index (χ1v) is 15.9. The first-order valence-electron chi connectivity index (χ1n) is 15.9. The largest absolute Gasteiger partial charge is 0.481 e. The summed E-state index contributed by atoms with van der Waals surface area (Å²) in [4.78, 5) is 55.5. The standard InChI is InChI=1S/C38H38N2O8/c1-3-39(23-25-15-19-29(20-16-25)47-27-11-7-5-8-12-27)35(41)31-33(37(43)44)32(34(31)38(45)46)36(42)40(4-2)24-26-17-21-30(22-18-26)48-28-13-9-6-10-14-28/h5-22,31-34H,3-4,23-24H2,1-2H3,(H,43,44)(H,45,46). The lowest BCUT2D eigenvalue weighted by Crippen LogP contribution is -2.64. The molecule has 4 aromatic rings. The lowest BCUT2D eigenvalue weighted by Gasteiger charge is -2.48. The number of para-hydroxylation sites is 2. The molecule has 0 saturated heterocycles. The number of carbonyl (C=O) groups excluding carboxylic acids is 2. The fourth-order valence-corrected chi connectivity index (χ4v) is 6.11. The van der Waals surface area contributed by atoms with Crippen LogP contribution in [-0.4, -0.2) is 56.9 Å². The van der Waals surface area contributed by atoms with Crippen LogP contribution in [0, 0.1) is 23.7 Å². The molecule has 1 aliphatic rings. The first kappa shape index (κ1) is 33.7. The second-order valence-electron chi connectivity index (χ2n) is 11.6. The van der Waals surface area contributed by atoms with Crippen molar-refractivity contribution in [2.24, 2.45) is 23.7 Å². The van der Waals surface area contributed by atoms with Crippen LogP contribution in [0.2, 0.25) is 0 Å². The summed E-state index contributed by atoms with van der Waals surface area (Å²) in [6.07, 6.45) is 0. The average molecular weight is 651 g/mol. The highest BCUT2D eigenvalue weighted by Crippen LogP contribution is 2.49. The van der Waals surface area contributed by atoms with Crippen molar-refractivity contribution in [2.45, 2.75) is 26.9 Å². The predicted molar refractivity (Wildman–Crippen MR) is 177 cm³/mol. The third-order valence-corrected chi connectivity index (χ3v) is 8.63. The van der Waals surface area contributed by atoms with Gasteiger partial charge in [-0.2, -0.15) is 0 Å². The number of amides is 2. The van der Waals surface area contributed by atoms with E-state index in [-0.39, 0.29) is 26.2 Å². The van der Waals surface area contributed by atoms with Gasteiger partial charge in [0.15, 0.2) is 0 Å². The fraction of sp³-hybridized carbons (Fsp3) is 0.263. The average Bonchev–Trinajstić information content (AvgIpc) is 3.07. The zero-order chi connectivity index (χ0) is 34.2. The number of benzene rings is 4. The Morgan fingerprint density at radius 2 is 0.812 bits per heavy atom. The van der Waals surface area contributed by atoms with Crippen LogP contribution in [0.15, 0.2) is 109 Å². The van der Waals surface area contributed by atoms with Crippen LogP contribution < -0.4 is 9.47 Å². The van der Waals surface area contributed by atoms with E-state index in [9.17, 15) is 29.4 Å². The van der Waals surface area contributed by atoms with Crippen molar-refractivity contribution in [1.29, 1.82) is 0 Å². The number of carbonyl (C=O) groups is 4. The second kappa shape index (κ2) is 15.3. The van der Waals surface area contributed by atoms with Gasteiger partial charge in [0, 0.05) is 26.2 Å². The Balaban J connectivity index is 1.27. The van der Waals surface area contributed by atoms with E-state index in [4.69, 9.17) is 9.47 Å². The van der Waals surface area contributed by atoms with Crippen molar-refractivity contribution in [2.75, 3.05) is 13.1 Å². The van der Waals surface area contributed by atoms with Gasteiger partial charge < -0.3 is 29.5 Å². The molecule has 1 saturated carbocycles. The van der Waals surface area contributed by atoms with Gasteiger partial charge in [-0.05, 0) is 73.5 Å². The van der Waals surface area contributed by atoms with Crippen LogP contribution in [0.4, 0.5) is 0 Å². The Kier molecular flexibility index (Phi) is 10.7. The van der Waals surface area contributed by atoms with Gasteiger partial charge in [0.2, 0.25) is 11.8 Å². The highest BCUT2D eigenvalue weighted by atomic mass is 16.5. The molecule has 0 aromatic heterocycles. The van der Waals surface area contributed by atoms with Crippen LogP contribution in [0.5, 0.6) is 23.0 Å². The quantitative estimate of drug-likeness (QED) is 0.162. The summed E-state index contributed by atoms with van der Waals surface area (Å²) in [5, 5.41) is 20.4. The number of rotatable bonds is 14. The topological polar surface area (TPSA) is 134 Å². The zero-order valence-corrected chi connectivity index (χ0v) is 26.8. The lowest BCUT2D eigenvalue weighted by atomic mass is 9.55. The van der Waals surface area contributed by atoms with Crippen LogP contribution in [0.25, 0.3) is 0 Å². The van der Waals surface area contributed by atoms with Crippen LogP contribution in [-0.2, 0) is 32.3 Å². The van der Waals surface area contributed by atoms with Crippen molar-refractivity contribution in [3.63, 3.8) is 0 Å². The molecule has 1 aliphatic carbocycles. The summed E-state index contributed by atoms with van der Waals surface area (Å²) in [6, 6.07) is 32.8. The van der Waals surface area contributed by atoms with Crippen molar-refractivity contribution >= 4 is 23.8 Å². The van der Waals surface area contributed by atoms with Gasteiger partial charge in [0.05, 0.1) is 23.7 Å². The molecule has 0 bridgehead atoms. The summed E-state index contributed by atoms with van der Waals surface area (Å²) in [7, 11) is 0. The second-order valence-corrected chi connectivity index (χ2v) is 11.6. The minimum atomic E-state index is -1.47. The van der Waals surface area contributed by atoms with E-state index in [1.807, 2.05) is 60.7 Å². The molecule has 248 valence electrons. The Labute approximate surface area is 279 Å². The molecular formula is C38H38N2O8. The highest BCUT2D eigenvalue weighted by Gasteiger charge is 2.64. The third-order valence-electron chi connectivity index (χ3n) is 8.63. The van der Waals surface area contributed by atoms with E-state index in [1.54, 1.807) is 62.4 Å². The minimum absolute atomic E-state index is 0.139. The Bertz CT molecular complexity index is 1570. The van der Waals surface area contributed by atoms with E-state index in [0.717, 1.165) is 11.1 Å². The van der Waals surface area contributed by atoms with Gasteiger partial charge in [-0.3, -0.25) is 19.2 Å². The van der Waals surface area contributed by atoms with E-state index >= 15 is 0 Å². The summed E-state index contributed by atoms with van der Waals surface area (Å²) in [5.41, 5.74) is 1.52. The van der Waals surface area contributed by atoms with Crippen molar-refractivity contribution in [3.05, 3.63) is 120 Å². The maximum Gasteiger partial charge on any atom is 0.308 e. The number of aliphatic carboxylic acids is 2. The summed E-state index contributed by atoms with van der Waals surface area (Å²) < 4.78 is 11.7. The number of nitrogens with zero attached hydrogens (tertiary/aromatic N) is 2. The third kappa shape index (κ3) is 7.66. The Hall–Kier alpha value is -5.64. The molecule has 0 heterocycles. The lowest BCUT2D eigenvalue weighted by molar-refractivity contribution is -0.187. The molecule has 10 heteroatoms. The summed E-state index contributed by atoms with van der Waals surface area (Å²) in [5.74, 6) is -7.12. The first-order chi connectivity index (χ1) is 23.2. The smallest absolute Gasteiger partial charge is 0.308 e.